The first-order valence-electron chi connectivity index (χ1n) is 13.2. The summed E-state index contributed by atoms with van der Waals surface area (Å²) in [6, 6.07) is 2.11. The molecule has 11 nitrogen and oxygen atoms in total. The number of fused-ring (bicyclic) bond motifs is 3. The minimum Gasteiger partial charge on any atom is -0.390 e. The fourth-order valence-corrected chi connectivity index (χ4v) is 7.78. The van der Waals surface area contributed by atoms with E-state index in [-0.39, 0.29) is 12.1 Å². The van der Waals surface area contributed by atoms with Gasteiger partial charge in [-0.05, 0) is 55.9 Å². The lowest BCUT2D eigenvalue weighted by atomic mass is 9.52. The van der Waals surface area contributed by atoms with Gasteiger partial charge in [-0.15, -0.1) is 0 Å². The molecule has 37 heavy (non-hydrogen) atoms. The van der Waals surface area contributed by atoms with Crippen molar-refractivity contribution < 1.29 is 24.2 Å². The van der Waals surface area contributed by atoms with Crippen molar-refractivity contribution in [3.05, 3.63) is 18.5 Å². The number of rotatable bonds is 4. The predicted octanol–water partition coefficient (Wildman–Crippen LogP) is 1.84. The molecular formula is C26H32N6O5. The Labute approximate surface area is 213 Å². The highest BCUT2D eigenvalue weighted by Gasteiger charge is 2.56. The molecule has 0 aromatic carbocycles. The molecule has 4 bridgehead atoms. The van der Waals surface area contributed by atoms with Crippen LogP contribution in [0.5, 0.6) is 0 Å². The van der Waals surface area contributed by atoms with Crippen molar-refractivity contribution in [3.8, 4) is 0 Å². The van der Waals surface area contributed by atoms with Crippen LogP contribution in [0.2, 0.25) is 0 Å². The van der Waals surface area contributed by atoms with Gasteiger partial charge in [0.05, 0.1) is 41.9 Å². The number of morpholine rings is 1. The second kappa shape index (κ2) is 8.50. The van der Waals surface area contributed by atoms with Crippen LogP contribution in [0.1, 0.15) is 38.1 Å². The number of amides is 2. The van der Waals surface area contributed by atoms with Gasteiger partial charge < -0.3 is 29.8 Å². The third-order valence-electron chi connectivity index (χ3n) is 8.93. The van der Waals surface area contributed by atoms with Gasteiger partial charge in [0.15, 0.2) is 5.82 Å². The lowest BCUT2D eigenvalue weighted by molar-refractivity contribution is -0.149. The molecule has 5 aliphatic rings. The Morgan fingerprint density at radius 2 is 2.08 bits per heavy atom. The number of hydrogen-bond acceptors (Lipinski definition) is 7. The highest BCUT2D eigenvalue weighted by atomic mass is 16.5. The van der Waals surface area contributed by atoms with Gasteiger partial charge in [0.2, 0.25) is 0 Å². The molecule has 3 aromatic rings. The minimum atomic E-state index is -0.724. The molecule has 4 saturated carbocycles. The van der Waals surface area contributed by atoms with Crippen molar-refractivity contribution in [2.45, 2.75) is 49.9 Å². The standard InChI is InChI=1S/C26H32N6O5/c1-36-13-17-12-31(4-5-37-17)25(34)24(33)29-23-19-11-28-22-18(2-3-27-22)21(19)32(30-23)20-15-6-14-7-16(20)10-26(35,8-14)9-15/h2-3,11,14-17,20,35H,4-10,12-13H2,1H3,(H,27,28)(H,29,30,33)/t14?,15-,16+,17-,20+,26-/m1/s1. The summed E-state index contributed by atoms with van der Waals surface area (Å²) in [4.78, 5) is 35.4. The SMILES string of the molecule is COC[C@H]1CN(C(=O)C(=O)Nc2nn([C@H]3[C@@H]4CC5C[C@H]3C[C@@](O)(C5)C4)c3c2cnc2[nH]ccc23)CCO1. The Kier molecular flexibility index (Phi) is 5.31. The molecule has 2 amide bonds. The van der Waals surface area contributed by atoms with Crippen LogP contribution in [0.3, 0.4) is 0 Å². The number of carbonyl (C=O) groups is 2. The molecule has 4 aliphatic carbocycles. The molecule has 1 unspecified atom stereocenters. The number of carbonyl (C=O) groups excluding carboxylic acids is 2. The maximum absolute atomic E-state index is 13.1. The molecule has 1 aliphatic heterocycles. The second-order valence-corrected chi connectivity index (χ2v) is 11.4. The molecule has 0 radical (unpaired) electrons. The summed E-state index contributed by atoms with van der Waals surface area (Å²) < 4.78 is 12.8. The Balaban J connectivity index is 1.23. The van der Waals surface area contributed by atoms with Crippen molar-refractivity contribution >= 4 is 39.6 Å². The van der Waals surface area contributed by atoms with Crippen molar-refractivity contribution in [2.24, 2.45) is 17.8 Å². The van der Waals surface area contributed by atoms with Crippen LogP contribution in [-0.2, 0) is 19.1 Å². The zero-order valence-electron chi connectivity index (χ0n) is 20.9. The lowest BCUT2D eigenvalue weighted by Gasteiger charge is -2.57. The summed E-state index contributed by atoms with van der Waals surface area (Å²) in [5, 5.41) is 20.5. The zero-order chi connectivity index (χ0) is 25.3. The van der Waals surface area contributed by atoms with Crippen molar-refractivity contribution in [1.82, 2.24) is 24.6 Å². The highest BCUT2D eigenvalue weighted by molar-refractivity contribution is 6.40. The maximum atomic E-state index is 13.1. The van der Waals surface area contributed by atoms with Crippen LogP contribution in [-0.4, -0.2) is 86.7 Å². The normalized spacial score (nSPS) is 32.9. The number of aromatic amines is 1. The summed E-state index contributed by atoms with van der Waals surface area (Å²) in [7, 11) is 1.58. The average Bonchev–Trinajstić information content (AvgIpc) is 3.47. The molecule has 11 heteroatoms. The van der Waals surface area contributed by atoms with Crippen LogP contribution >= 0.6 is 0 Å². The van der Waals surface area contributed by atoms with Gasteiger partial charge in [0.1, 0.15) is 5.65 Å². The highest BCUT2D eigenvalue weighted by Crippen LogP contribution is 2.60. The molecule has 8 rings (SSSR count). The lowest BCUT2D eigenvalue weighted by Crippen LogP contribution is -2.55. The number of ether oxygens (including phenoxy) is 2. The number of nitrogens with zero attached hydrogens (tertiary/aromatic N) is 4. The largest absolute Gasteiger partial charge is 0.390 e. The molecule has 5 fully saturated rings. The van der Waals surface area contributed by atoms with E-state index in [0.29, 0.717) is 55.3 Å². The van der Waals surface area contributed by atoms with Crippen LogP contribution < -0.4 is 5.32 Å². The topological polar surface area (TPSA) is 135 Å². The van der Waals surface area contributed by atoms with E-state index in [4.69, 9.17) is 14.6 Å². The fraction of sp³-hybridized carbons (Fsp3) is 0.615. The van der Waals surface area contributed by atoms with E-state index < -0.39 is 17.4 Å². The minimum absolute atomic E-state index is 0.134. The first-order chi connectivity index (χ1) is 17.9. The second-order valence-electron chi connectivity index (χ2n) is 11.4. The van der Waals surface area contributed by atoms with Crippen LogP contribution in [0.25, 0.3) is 21.9 Å². The van der Waals surface area contributed by atoms with Gasteiger partial charge in [-0.1, -0.05) is 0 Å². The van der Waals surface area contributed by atoms with E-state index in [2.05, 4.69) is 20.0 Å². The smallest absolute Gasteiger partial charge is 0.315 e. The van der Waals surface area contributed by atoms with E-state index in [1.807, 2.05) is 12.3 Å². The van der Waals surface area contributed by atoms with Gasteiger partial charge in [-0.3, -0.25) is 14.3 Å². The number of nitrogens with one attached hydrogen (secondary N) is 2. The Morgan fingerprint density at radius 1 is 1.27 bits per heavy atom. The monoisotopic (exact) mass is 508 g/mol. The van der Waals surface area contributed by atoms with Gasteiger partial charge in [-0.25, -0.2) is 4.98 Å². The molecule has 4 heterocycles. The summed E-state index contributed by atoms with van der Waals surface area (Å²) in [5.41, 5.74) is 1.11. The zero-order valence-corrected chi connectivity index (χ0v) is 20.9. The number of pyridine rings is 1. The molecule has 0 spiro atoms. The summed E-state index contributed by atoms with van der Waals surface area (Å²) >= 11 is 0. The molecule has 3 aromatic heterocycles. The van der Waals surface area contributed by atoms with Crippen molar-refractivity contribution in [3.63, 3.8) is 0 Å². The van der Waals surface area contributed by atoms with E-state index >= 15 is 0 Å². The third-order valence-corrected chi connectivity index (χ3v) is 8.93. The first kappa shape index (κ1) is 23.1. The predicted molar refractivity (Wildman–Crippen MR) is 134 cm³/mol. The first-order valence-corrected chi connectivity index (χ1v) is 13.2. The Morgan fingerprint density at radius 3 is 2.84 bits per heavy atom. The number of H-pyrrole nitrogens is 1. The molecule has 1 saturated heterocycles. The quantitative estimate of drug-likeness (QED) is 0.458. The fourth-order valence-electron chi connectivity index (χ4n) is 7.78. The van der Waals surface area contributed by atoms with E-state index in [0.717, 1.165) is 48.7 Å². The molecule has 196 valence electrons. The number of anilines is 1. The number of aromatic nitrogens is 4. The van der Waals surface area contributed by atoms with Crippen molar-refractivity contribution in [2.75, 3.05) is 38.7 Å². The van der Waals surface area contributed by atoms with E-state index in [1.54, 1.807) is 13.3 Å². The summed E-state index contributed by atoms with van der Waals surface area (Å²) in [6.45, 7) is 1.37. The summed E-state index contributed by atoms with van der Waals surface area (Å²) in [6.07, 6.45) is 7.97. The number of methoxy groups -OCH3 is 1. The van der Waals surface area contributed by atoms with Gasteiger partial charge in [0.25, 0.3) is 0 Å². The van der Waals surface area contributed by atoms with Crippen molar-refractivity contribution in [1.29, 1.82) is 0 Å². The number of hydrogen-bond donors (Lipinski definition) is 3. The van der Waals surface area contributed by atoms with Gasteiger partial charge >= 0.3 is 11.8 Å². The Hall–Kier alpha value is -3.02. The van der Waals surface area contributed by atoms with E-state index in [9.17, 15) is 14.7 Å². The maximum Gasteiger partial charge on any atom is 0.315 e. The molecule has 6 atom stereocenters. The average molecular weight is 509 g/mol. The van der Waals surface area contributed by atoms with Crippen LogP contribution in [0.15, 0.2) is 18.5 Å². The van der Waals surface area contributed by atoms with Crippen LogP contribution in [0.4, 0.5) is 5.82 Å². The number of aliphatic hydroxyl groups is 1. The molecular weight excluding hydrogens is 476 g/mol. The van der Waals surface area contributed by atoms with E-state index in [1.165, 1.54) is 4.90 Å². The summed E-state index contributed by atoms with van der Waals surface area (Å²) in [5.74, 6) is 0.244. The third kappa shape index (κ3) is 3.74. The Bertz CT molecular complexity index is 1360. The van der Waals surface area contributed by atoms with Gasteiger partial charge in [0, 0.05) is 38.0 Å². The van der Waals surface area contributed by atoms with Gasteiger partial charge in [-0.2, -0.15) is 5.10 Å². The molecule has 3 N–H and O–H groups in total. The van der Waals surface area contributed by atoms with Crippen LogP contribution in [0, 0.1) is 17.8 Å².